The van der Waals surface area contributed by atoms with Crippen molar-refractivity contribution in [3.05, 3.63) is 57.5 Å². The lowest BCUT2D eigenvalue weighted by atomic mass is 10.2. The van der Waals surface area contributed by atoms with Gasteiger partial charge in [0.15, 0.2) is 5.96 Å². The zero-order valence-corrected chi connectivity index (χ0v) is 16.9. The molecule has 0 aliphatic heterocycles. The van der Waals surface area contributed by atoms with Crippen molar-refractivity contribution in [3.63, 3.8) is 0 Å². The van der Waals surface area contributed by atoms with E-state index >= 15 is 0 Å². The Labute approximate surface area is 162 Å². The number of hydrogen-bond donors (Lipinski definition) is 1. The first-order chi connectivity index (χ1) is 12.7. The molecule has 3 aromatic rings. The third-order valence-corrected chi connectivity index (χ3v) is 5.64. The van der Waals surface area contributed by atoms with Crippen molar-refractivity contribution in [1.29, 1.82) is 0 Å². The number of aryl methyl sites for hydroxylation is 1. The summed E-state index contributed by atoms with van der Waals surface area (Å²) in [6, 6.07) is 10.3. The van der Waals surface area contributed by atoms with E-state index in [0.717, 1.165) is 46.9 Å². The predicted octanol–water partition coefficient (Wildman–Crippen LogP) is 3.82. The van der Waals surface area contributed by atoms with Crippen LogP contribution >= 0.6 is 22.7 Å². The molecule has 2 heterocycles. The maximum absolute atomic E-state index is 4.73. The number of thiazole rings is 2. The number of hydrogen-bond acceptors (Lipinski definition) is 5. The van der Waals surface area contributed by atoms with Crippen LogP contribution < -0.4 is 5.32 Å². The Kier molecular flexibility index (Phi) is 6.35. The monoisotopic (exact) mass is 385 g/mol. The Morgan fingerprint density at radius 3 is 2.58 bits per heavy atom. The van der Waals surface area contributed by atoms with Gasteiger partial charge >= 0.3 is 0 Å². The van der Waals surface area contributed by atoms with Gasteiger partial charge in [0.2, 0.25) is 0 Å². The Morgan fingerprint density at radius 2 is 1.88 bits per heavy atom. The molecule has 7 heteroatoms. The molecule has 136 valence electrons. The van der Waals surface area contributed by atoms with Crippen molar-refractivity contribution in [2.75, 3.05) is 20.6 Å². The van der Waals surface area contributed by atoms with Gasteiger partial charge in [-0.25, -0.2) is 9.97 Å². The molecule has 1 N–H and O–H groups in total. The summed E-state index contributed by atoms with van der Waals surface area (Å²) < 4.78 is 0. The van der Waals surface area contributed by atoms with Crippen molar-refractivity contribution in [2.24, 2.45) is 4.99 Å². The minimum atomic E-state index is 0.749. The molecule has 0 amide bonds. The number of aliphatic imine (C=N–C) groups is 1. The normalized spacial score (nSPS) is 11.6. The van der Waals surface area contributed by atoms with Gasteiger partial charge < -0.3 is 10.2 Å². The SMILES string of the molecule is CN=C(NCCc1csc(-c2ccccc2)n1)N(C)Cc1csc(C)n1. The number of aromatic nitrogens is 2. The fraction of sp³-hybridized carbons (Fsp3) is 0.316. The Morgan fingerprint density at radius 1 is 1.12 bits per heavy atom. The lowest BCUT2D eigenvalue weighted by Gasteiger charge is -2.21. The fourth-order valence-corrected chi connectivity index (χ4v) is 4.09. The minimum Gasteiger partial charge on any atom is -0.356 e. The Hall–Kier alpha value is -2.25. The number of guanidine groups is 1. The van der Waals surface area contributed by atoms with Crippen molar-refractivity contribution < 1.29 is 0 Å². The number of benzene rings is 1. The predicted molar refractivity (Wildman–Crippen MR) is 111 cm³/mol. The average molecular weight is 386 g/mol. The summed E-state index contributed by atoms with van der Waals surface area (Å²) in [6.07, 6.45) is 0.867. The molecule has 26 heavy (non-hydrogen) atoms. The molecule has 2 aromatic heterocycles. The van der Waals surface area contributed by atoms with Crippen molar-refractivity contribution in [1.82, 2.24) is 20.2 Å². The molecular weight excluding hydrogens is 362 g/mol. The van der Waals surface area contributed by atoms with Crippen LogP contribution in [0.25, 0.3) is 10.6 Å². The molecule has 1 aromatic carbocycles. The molecule has 0 atom stereocenters. The van der Waals surface area contributed by atoms with Gasteiger partial charge in [-0.1, -0.05) is 30.3 Å². The van der Waals surface area contributed by atoms with Gasteiger partial charge in [0.05, 0.1) is 22.9 Å². The van der Waals surface area contributed by atoms with E-state index in [4.69, 9.17) is 4.98 Å². The number of rotatable bonds is 6. The van der Waals surface area contributed by atoms with Gasteiger partial charge in [-0.05, 0) is 6.92 Å². The Bertz CT molecular complexity index is 854. The minimum absolute atomic E-state index is 0.749. The quantitative estimate of drug-likeness (QED) is 0.518. The van der Waals surface area contributed by atoms with Crippen molar-refractivity contribution in [3.8, 4) is 10.6 Å². The third kappa shape index (κ3) is 4.89. The molecular formula is C19H23N5S2. The Balaban J connectivity index is 1.51. The van der Waals surface area contributed by atoms with Crippen LogP contribution in [0, 0.1) is 6.92 Å². The van der Waals surface area contributed by atoms with E-state index in [1.807, 2.05) is 39.2 Å². The largest absolute Gasteiger partial charge is 0.356 e. The van der Waals surface area contributed by atoms with Gasteiger partial charge in [-0.15, -0.1) is 22.7 Å². The molecule has 0 fully saturated rings. The summed E-state index contributed by atoms with van der Waals surface area (Å²) >= 11 is 3.37. The molecule has 0 spiro atoms. The van der Waals surface area contributed by atoms with E-state index in [2.05, 4.69) is 43.1 Å². The molecule has 0 aliphatic carbocycles. The first-order valence-corrected chi connectivity index (χ1v) is 10.2. The van der Waals surface area contributed by atoms with E-state index in [-0.39, 0.29) is 0 Å². The van der Waals surface area contributed by atoms with Crippen LogP contribution in [-0.2, 0) is 13.0 Å². The molecule has 5 nitrogen and oxygen atoms in total. The molecule has 0 radical (unpaired) electrons. The highest BCUT2D eigenvalue weighted by atomic mass is 32.1. The fourth-order valence-electron chi connectivity index (χ4n) is 2.62. The van der Waals surface area contributed by atoms with E-state index in [0.29, 0.717) is 0 Å². The molecule has 3 rings (SSSR count). The van der Waals surface area contributed by atoms with Crippen molar-refractivity contribution in [2.45, 2.75) is 19.9 Å². The molecule has 0 unspecified atom stereocenters. The lowest BCUT2D eigenvalue weighted by molar-refractivity contribution is 0.471. The van der Waals surface area contributed by atoms with Crippen molar-refractivity contribution >= 4 is 28.6 Å². The van der Waals surface area contributed by atoms with Gasteiger partial charge in [0.1, 0.15) is 5.01 Å². The second-order valence-corrected chi connectivity index (χ2v) is 7.87. The topological polar surface area (TPSA) is 53.4 Å². The molecule has 0 bridgehead atoms. The van der Waals surface area contributed by atoms with E-state index in [1.165, 1.54) is 5.56 Å². The van der Waals surface area contributed by atoms with E-state index in [1.54, 1.807) is 22.7 Å². The van der Waals surface area contributed by atoms with Crippen LogP contribution in [0.1, 0.15) is 16.4 Å². The van der Waals surface area contributed by atoms with Crippen LogP contribution in [0.2, 0.25) is 0 Å². The number of nitrogens with zero attached hydrogens (tertiary/aromatic N) is 4. The maximum atomic E-state index is 4.73. The lowest BCUT2D eigenvalue weighted by Crippen LogP contribution is -2.39. The van der Waals surface area contributed by atoms with Gasteiger partial charge in [0, 0.05) is 43.4 Å². The van der Waals surface area contributed by atoms with Gasteiger partial charge in [-0.2, -0.15) is 0 Å². The van der Waals surface area contributed by atoms with Gasteiger partial charge in [0.25, 0.3) is 0 Å². The van der Waals surface area contributed by atoms with Crippen LogP contribution in [0.15, 0.2) is 46.1 Å². The third-order valence-electron chi connectivity index (χ3n) is 3.88. The van der Waals surface area contributed by atoms with E-state index < -0.39 is 0 Å². The van der Waals surface area contributed by atoms with Crippen LogP contribution in [0.4, 0.5) is 0 Å². The van der Waals surface area contributed by atoms with Gasteiger partial charge in [-0.3, -0.25) is 4.99 Å². The molecule has 0 saturated heterocycles. The average Bonchev–Trinajstić information content (AvgIpc) is 3.28. The first kappa shape index (κ1) is 18.5. The standard InChI is InChI=1S/C19H23N5S2/c1-14-22-17(13-25-14)11-24(3)19(20-2)21-10-9-16-12-26-18(23-16)15-7-5-4-6-8-15/h4-8,12-13H,9-11H2,1-3H3,(H,20,21). The van der Waals surface area contributed by atoms with Crippen LogP contribution in [0.3, 0.4) is 0 Å². The van der Waals surface area contributed by atoms with E-state index in [9.17, 15) is 0 Å². The van der Waals surface area contributed by atoms with Crippen LogP contribution in [0.5, 0.6) is 0 Å². The summed E-state index contributed by atoms with van der Waals surface area (Å²) in [6.45, 7) is 3.57. The second kappa shape index (κ2) is 8.91. The number of nitrogens with one attached hydrogen (secondary N) is 1. The first-order valence-electron chi connectivity index (χ1n) is 8.48. The smallest absolute Gasteiger partial charge is 0.193 e. The summed E-state index contributed by atoms with van der Waals surface area (Å²) in [5, 5.41) is 9.80. The maximum Gasteiger partial charge on any atom is 0.193 e. The summed E-state index contributed by atoms with van der Waals surface area (Å²) in [5.41, 5.74) is 3.35. The highest BCUT2D eigenvalue weighted by Gasteiger charge is 2.09. The highest BCUT2D eigenvalue weighted by Crippen LogP contribution is 2.23. The van der Waals surface area contributed by atoms with Crippen LogP contribution in [-0.4, -0.2) is 41.5 Å². The second-order valence-electron chi connectivity index (χ2n) is 5.95. The zero-order valence-electron chi connectivity index (χ0n) is 15.3. The highest BCUT2D eigenvalue weighted by molar-refractivity contribution is 7.13. The summed E-state index contributed by atoms with van der Waals surface area (Å²) in [7, 11) is 3.84. The molecule has 0 aliphatic rings. The zero-order chi connectivity index (χ0) is 18.4. The summed E-state index contributed by atoms with van der Waals surface area (Å²) in [4.78, 5) is 15.7. The summed E-state index contributed by atoms with van der Waals surface area (Å²) in [5.74, 6) is 0.870. The molecule has 0 saturated carbocycles.